The van der Waals surface area contributed by atoms with E-state index in [1.54, 1.807) is 4.31 Å². The maximum absolute atomic E-state index is 12.0. The van der Waals surface area contributed by atoms with E-state index in [9.17, 15) is 8.42 Å². The summed E-state index contributed by atoms with van der Waals surface area (Å²) >= 11 is 5.65. The van der Waals surface area contributed by atoms with E-state index in [4.69, 9.17) is 11.6 Å². The molecule has 0 bridgehead atoms. The number of hydrogen-bond donors (Lipinski definition) is 0. The minimum absolute atomic E-state index is 0.0276. The van der Waals surface area contributed by atoms with E-state index in [1.807, 2.05) is 13.8 Å². The van der Waals surface area contributed by atoms with Crippen LogP contribution in [0.4, 0.5) is 0 Å². The van der Waals surface area contributed by atoms with Crippen LogP contribution in [-0.2, 0) is 10.0 Å². The first kappa shape index (κ1) is 13.3. The summed E-state index contributed by atoms with van der Waals surface area (Å²) < 4.78 is 25.7. The molecule has 0 spiro atoms. The highest BCUT2D eigenvalue weighted by Gasteiger charge is 2.35. The molecule has 0 amide bonds. The Morgan fingerprint density at radius 2 is 2.07 bits per heavy atom. The topological polar surface area (TPSA) is 37.4 Å². The molecule has 0 N–H and O–H groups in total. The van der Waals surface area contributed by atoms with Crippen LogP contribution in [0.5, 0.6) is 0 Å². The molecular weight excluding hydrogens is 234 g/mol. The molecule has 0 aromatic rings. The smallest absolute Gasteiger partial charge is 0.212 e. The number of rotatable bonds is 4. The zero-order valence-corrected chi connectivity index (χ0v) is 11.2. The second-order valence-corrected chi connectivity index (χ2v) is 7.07. The van der Waals surface area contributed by atoms with Crippen LogP contribution in [0, 0.1) is 11.8 Å². The molecule has 0 aliphatic carbocycles. The fourth-order valence-electron chi connectivity index (χ4n) is 2.15. The molecule has 1 aliphatic heterocycles. The number of halogens is 1. The average Bonchev–Trinajstić information content (AvgIpc) is 2.45. The largest absolute Gasteiger partial charge is 0.214 e. The van der Waals surface area contributed by atoms with Crippen LogP contribution in [0.25, 0.3) is 0 Å². The Morgan fingerprint density at radius 3 is 2.47 bits per heavy atom. The van der Waals surface area contributed by atoms with E-state index in [1.165, 1.54) is 0 Å². The number of sulfonamides is 1. The molecule has 1 saturated heterocycles. The summed E-state index contributed by atoms with van der Waals surface area (Å²) in [6.07, 6.45) is 0.967. The second-order valence-electron chi connectivity index (χ2n) is 4.80. The summed E-state index contributed by atoms with van der Waals surface area (Å²) in [6, 6.07) is 0.146. The van der Waals surface area contributed by atoms with Crippen LogP contribution in [0.1, 0.15) is 27.2 Å². The molecule has 3 atom stereocenters. The Morgan fingerprint density at radius 1 is 1.47 bits per heavy atom. The predicted molar refractivity (Wildman–Crippen MR) is 63.6 cm³/mol. The fourth-order valence-corrected chi connectivity index (χ4v) is 4.53. The van der Waals surface area contributed by atoms with Crippen LogP contribution >= 0.6 is 11.6 Å². The molecule has 15 heavy (non-hydrogen) atoms. The molecule has 5 heteroatoms. The van der Waals surface area contributed by atoms with E-state index in [2.05, 4.69) is 6.92 Å². The van der Waals surface area contributed by atoms with Crippen molar-refractivity contribution in [2.75, 3.05) is 18.2 Å². The van der Waals surface area contributed by atoms with Crippen LogP contribution in [-0.4, -0.2) is 36.9 Å². The summed E-state index contributed by atoms with van der Waals surface area (Å²) in [4.78, 5) is 0. The van der Waals surface area contributed by atoms with Gasteiger partial charge in [-0.15, -0.1) is 11.6 Å². The summed E-state index contributed by atoms with van der Waals surface area (Å²) in [6.45, 7) is 6.61. The van der Waals surface area contributed by atoms with E-state index < -0.39 is 10.0 Å². The molecule has 3 unspecified atom stereocenters. The van der Waals surface area contributed by atoms with Crippen molar-refractivity contribution >= 4 is 21.6 Å². The lowest BCUT2D eigenvalue weighted by Gasteiger charge is -2.22. The van der Waals surface area contributed by atoms with Gasteiger partial charge in [-0.1, -0.05) is 13.8 Å². The quantitative estimate of drug-likeness (QED) is 0.718. The number of alkyl halides is 1. The minimum atomic E-state index is -3.10. The highest BCUT2D eigenvalue weighted by molar-refractivity contribution is 7.89. The van der Waals surface area contributed by atoms with Gasteiger partial charge in [0.25, 0.3) is 0 Å². The van der Waals surface area contributed by atoms with E-state index in [0.29, 0.717) is 18.3 Å². The van der Waals surface area contributed by atoms with Crippen molar-refractivity contribution in [1.82, 2.24) is 4.31 Å². The van der Waals surface area contributed by atoms with Gasteiger partial charge in [-0.2, -0.15) is 4.31 Å². The standard InChI is InChI=1S/C10H20ClNO2S/c1-8-4-10(3)12(6-8)15(13,14)7-9(2)5-11/h8-10H,4-7H2,1-3H3. The van der Waals surface area contributed by atoms with Gasteiger partial charge in [-0.25, -0.2) is 8.42 Å². The molecule has 0 saturated carbocycles. The highest BCUT2D eigenvalue weighted by Crippen LogP contribution is 2.26. The molecule has 3 nitrogen and oxygen atoms in total. The van der Waals surface area contributed by atoms with Crippen LogP contribution in [0.3, 0.4) is 0 Å². The van der Waals surface area contributed by atoms with Gasteiger partial charge in [0, 0.05) is 18.5 Å². The van der Waals surface area contributed by atoms with Crippen molar-refractivity contribution in [1.29, 1.82) is 0 Å². The fraction of sp³-hybridized carbons (Fsp3) is 1.00. The lowest BCUT2D eigenvalue weighted by molar-refractivity contribution is 0.402. The Labute approximate surface area is 97.8 Å². The van der Waals surface area contributed by atoms with Gasteiger partial charge in [-0.05, 0) is 25.2 Å². The van der Waals surface area contributed by atoms with Crippen molar-refractivity contribution in [2.45, 2.75) is 33.2 Å². The third-order valence-electron chi connectivity index (χ3n) is 2.84. The van der Waals surface area contributed by atoms with Crippen LogP contribution in [0.2, 0.25) is 0 Å². The van der Waals surface area contributed by atoms with E-state index in [0.717, 1.165) is 6.42 Å². The second kappa shape index (κ2) is 5.02. The maximum atomic E-state index is 12.0. The highest BCUT2D eigenvalue weighted by atomic mass is 35.5. The first-order valence-electron chi connectivity index (χ1n) is 5.42. The third kappa shape index (κ3) is 3.33. The Bertz CT molecular complexity index is 305. The minimum Gasteiger partial charge on any atom is -0.212 e. The Hall–Kier alpha value is 0.200. The van der Waals surface area contributed by atoms with Crippen molar-refractivity contribution in [3.05, 3.63) is 0 Å². The number of nitrogens with zero attached hydrogens (tertiary/aromatic N) is 1. The third-order valence-corrected chi connectivity index (χ3v) is 5.58. The monoisotopic (exact) mass is 253 g/mol. The molecule has 1 rings (SSSR count). The van der Waals surface area contributed by atoms with Crippen molar-refractivity contribution in [3.8, 4) is 0 Å². The molecule has 1 heterocycles. The molecule has 0 aromatic carbocycles. The summed E-state index contributed by atoms with van der Waals surface area (Å²) in [7, 11) is -3.10. The molecule has 1 aliphatic rings. The zero-order chi connectivity index (χ0) is 11.6. The van der Waals surface area contributed by atoms with Crippen molar-refractivity contribution in [3.63, 3.8) is 0 Å². The van der Waals surface area contributed by atoms with Gasteiger partial charge >= 0.3 is 0 Å². The normalized spacial score (nSPS) is 30.7. The van der Waals surface area contributed by atoms with Gasteiger partial charge in [0.1, 0.15) is 0 Å². The zero-order valence-electron chi connectivity index (χ0n) is 9.61. The van der Waals surface area contributed by atoms with E-state index >= 15 is 0 Å². The van der Waals surface area contributed by atoms with Gasteiger partial charge < -0.3 is 0 Å². The van der Waals surface area contributed by atoms with Crippen molar-refractivity contribution < 1.29 is 8.42 Å². The molecule has 0 aromatic heterocycles. The number of hydrogen-bond acceptors (Lipinski definition) is 2. The summed E-state index contributed by atoms with van der Waals surface area (Å²) in [5, 5.41) is 0. The van der Waals surface area contributed by atoms with Gasteiger partial charge in [0.15, 0.2) is 0 Å². The van der Waals surface area contributed by atoms with Crippen LogP contribution < -0.4 is 0 Å². The molecular formula is C10H20ClNO2S. The lowest BCUT2D eigenvalue weighted by atomic mass is 10.1. The van der Waals surface area contributed by atoms with Crippen molar-refractivity contribution in [2.24, 2.45) is 11.8 Å². The molecule has 1 fully saturated rings. The van der Waals surface area contributed by atoms with Crippen LogP contribution in [0.15, 0.2) is 0 Å². The SMILES string of the molecule is CC1CC(C)N(S(=O)(=O)CC(C)CCl)C1. The average molecular weight is 254 g/mol. The maximum Gasteiger partial charge on any atom is 0.214 e. The summed E-state index contributed by atoms with van der Waals surface area (Å²) in [5.41, 5.74) is 0. The van der Waals surface area contributed by atoms with Gasteiger partial charge in [0.2, 0.25) is 10.0 Å². The predicted octanol–water partition coefficient (Wildman–Crippen LogP) is 1.92. The molecule has 0 radical (unpaired) electrons. The Balaban J connectivity index is 2.70. The first-order valence-corrected chi connectivity index (χ1v) is 7.56. The summed E-state index contributed by atoms with van der Waals surface area (Å²) in [5.74, 6) is 1.07. The first-order chi connectivity index (χ1) is 6.86. The lowest BCUT2D eigenvalue weighted by Crippen LogP contribution is -2.37. The van der Waals surface area contributed by atoms with Gasteiger partial charge in [-0.3, -0.25) is 0 Å². The van der Waals surface area contributed by atoms with Gasteiger partial charge in [0.05, 0.1) is 5.75 Å². The molecule has 90 valence electrons. The van der Waals surface area contributed by atoms with E-state index in [-0.39, 0.29) is 17.7 Å². The Kier molecular flexibility index (Phi) is 4.44.